The van der Waals surface area contributed by atoms with E-state index in [4.69, 9.17) is 14.2 Å². The van der Waals surface area contributed by atoms with Gasteiger partial charge in [0.25, 0.3) is 0 Å². The lowest BCUT2D eigenvalue weighted by molar-refractivity contribution is 0.0362. The molecule has 1 fully saturated rings. The van der Waals surface area contributed by atoms with Crippen LogP contribution in [0.15, 0.2) is 15.0 Å². The Bertz CT molecular complexity index is 645. The first-order valence-corrected chi connectivity index (χ1v) is 10.9. The number of halogens is 2. The van der Waals surface area contributed by atoms with Crippen LogP contribution in [0, 0.1) is 5.92 Å². The molecule has 0 amide bonds. The van der Waals surface area contributed by atoms with Gasteiger partial charge in [-0.1, -0.05) is 13.3 Å². The van der Waals surface area contributed by atoms with Crippen molar-refractivity contribution in [3.05, 3.63) is 20.6 Å². The number of rotatable bonds is 6. The van der Waals surface area contributed by atoms with Gasteiger partial charge in [0.2, 0.25) is 0 Å². The van der Waals surface area contributed by atoms with Crippen LogP contribution in [0.2, 0.25) is 0 Å². The van der Waals surface area contributed by atoms with Crippen LogP contribution in [0.4, 0.5) is 0 Å². The van der Waals surface area contributed by atoms with Crippen molar-refractivity contribution in [2.24, 2.45) is 5.92 Å². The Labute approximate surface area is 171 Å². The maximum absolute atomic E-state index is 12.7. The van der Waals surface area contributed by atoms with Crippen LogP contribution >= 0.6 is 31.9 Å². The van der Waals surface area contributed by atoms with Crippen molar-refractivity contribution in [3.63, 3.8) is 0 Å². The Morgan fingerprint density at radius 1 is 1.27 bits per heavy atom. The predicted octanol–water partition coefficient (Wildman–Crippen LogP) is 4.65. The average molecular weight is 491 g/mol. The molecule has 1 aromatic rings. The van der Waals surface area contributed by atoms with Gasteiger partial charge in [0.05, 0.1) is 11.1 Å². The van der Waals surface area contributed by atoms with E-state index in [0.717, 1.165) is 30.4 Å². The fourth-order valence-electron chi connectivity index (χ4n) is 3.34. The molecule has 3 rings (SSSR count). The van der Waals surface area contributed by atoms with Crippen molar-refractivity contribution < 1.29 is 19.0 Å². The zero-order valence-electron chi connectivity index (χ0n) is 15.1. The zero-order valence-corrected chi connectivity index (χ0v) is 18.2. The van der Waals surface area contributed by atoms with Crippen molar-refractivity contribution in [2.75, 3.05) is 39.5 Å². The molecule has 1 saturated heterocycles. The van der Waals surface area contributed by atoms with Crippen LogP contribution in [0.3, 0.4) is 0 Å². The molecule has 0 bridgehead atoms. The van der Waals surface area contributed by atoms with E-state index in [-0.39, 0.29) is 5.97 Å². The first kappa shape index (κ1) is 20.0. The number of carbonyl (C=O) groups is 1. The number of piperidine rings is 1. The predicted molar refractivity (Wildman–Crippen MR) is 107 cm³/mol. The molecule has 0 radical (unpaired) electrons. The highest BCUT2D eigenvalue weighted by Gasteiger charge is 2.28. The van der Waals surface area contributed by atoms with Crippen LogP contribution in [-0.2, 0) is 4.74 Å². The molecule has 0 saturated carbocycles. The number of likely N-dealkylation sites (tertiary alicyclic amines) is 1. The minimum absolute atomic E-state index is 0.367. The molecule has 0 aromatic heterocycles. The molecule has 0 aliphatic carbocycles. The van der Waals surface area contributed by atoms with Gasteiger partial charge in [0.15, 0.2) is 11.5 Å². The smallest absolute Gasteiger partial charge is 0.343 e. The summed E-state index contributed by atoms with van der Waals surface area (Å²) in [6.07, 6.45) is 4.64. The van der Waals surface area contributed by atoms with E-state index in [1.807, 2.05) is 0 Å². The van der Waals surface area contributed by atoms with E-state index < -0.39 is 0 Å². The number of esters is 1. The summed E-state index contributed by atoms with van der Waals surface area (Å²) in [4.78, 5) is 15.2. The summed E-state index contributed by atoms with van der Waals surface area (Å²) in [5.41, 5.74) is 0.398. The van der Waals surface area contributed by atoms with Gasteiger partial charge >= 0.3 is 5.97 Å². The van der Waals surface area contributed by atoms with Crippen LogP contribution < -0.4 is 9.47 Å². The normalized spacial score (nSPS) is 18.0. The summed E-state index contributed by atoms with van der Waals surface area (Å²) >= 11 is 6.92. The maximum atomic E-state index is 12.7. The number of ether oxygens (including phenoxy) is 3. The molecule has 2 aliphatic heterocycles. The summed E-state index contributed by atoms with van der Waals surface area (Å²) in [6, 6.07) is 1.81. The monoisotopic (exact) mass is 489 g/mol. The number of fused-ring (bicyclic) bond motifs is 1. The minimum Gasteiger partial charge on any atom is -0.486 e. The van der Waals surface area contributed by atoms with Gasteiger partial charge < -0.3 is 19.1 Å². The third kappa shape index (κ3) is 4.73. The molecule has 2 heterocycles. The molecular weight excluding hydrogens is 466 g/mol. The second-order valence-electron chi connectivity index (χ2n) is 6.81. The lowest BCUT2D eigenvalue weighted by atomic mass is 9.97. The average Bonchev–Trinajstić information content (AvgIpc) is 2.66. The number of benzene rings is 1. The summed E-state index contributed by atoms with van der Waals surface area (Å²) in [5, 5.41) is 0. The van der Waals surface area contributed by atoms with E-state index in [2.05, 4.69) is 43.7 Å². The third-order valence-electron chi connectivity index (χ3n) is 4.91. The zero-order chi connectivity index (χ0) is 18.5. The Hall–Kier alpha value is -0.790. The largest absolute Gasteiger partial charge is 0.486 e. The maximum Gasteiger partial charge on any atom is 0.343 e. The van der Waals surface area contributed by atoms with E-state index in [1.54, 1.807) is 6.07 Å². The van der Waals surface area contributed by atoms with E-state index in [9.17, 15) is 4.79 Å². The Morgan fingerprint density at radius 3 is 2.73 bits per heavy atom. The Morgan fingerprint density at radius 2 is 2.00 bits per heavy atom. The van der Waals surface area contributed by atoms with Gasteiger partial charge in [-0.25, -0.2) is 4.79 Å². The first-order chi connectivity index (χ1) is 12.6. The summed E-state index contributed by atoms with van der Waals surface area (Å²) in [7, 11) is 0. The molecule has 144 valence electrons. The topological polar surface area (TPSA) is 48.0 Å². The fraction of sp³-hybridized carbons (Fsp3) is 0.632. The van der Waals surface area contributed by atoms with Crippen molar-refractivity contribution >= 4 is 37.8 Å². The number of hydrogen-bond donors (Lipinski definition) is 0. The first-order valence-electron chi connectivity index (χ1n) is 9.27. The van der Waals surface area contributed by atoms with E-state index in [0.29, 0.717) is 47.3 Å². The molecule has 5 nitrogen and oxygen atoms in total. The standard InChI is InChI=1S/C19H25Br2NO4/c1-2-3-6-22-7-4-13(5-8-22)12-26-19(23)16-17(21)14(20)11-15-18(16)25-10-9-24-15/h11,13H,2-10,12H2,1H3. The van der Waals surface area contributed by atoms with Gasteiger partial charge in [-0.15, -0.1) is 0 Å². The molecule has 7 heteroatoms. The summed E-state index contributed by atoms with van der Waals surface area (Å²) in [6.45, 7) is 6.94. The highest BCUT2D eigenvalue weighted by atomic mass is 79.9. The molecule has 26 heavy (non-hydrogen) atoms. The van der Waals surface area contributed by atoms with Gasteiger partial charge in [0.1, 0.15) is 18.8 Å². The molecule has 2 aliphatic rings. The summed E-state index contributed by atoms with van der Waals surface area (Å²) in [5.74, 6) is 1.09. The molecule has 0 atom stereocenters. The van der Waals surface area contributed by atoms with Crippen LogP contribution in [-0.4, -0.2) is 50.3 Å². The van der Waals surface area contributed by atoms with Gasteiger partial charge in [-0.3, -0.25) is 0 Å². The quantitative estimate of drug-likeness (QED) is 0.543. The molecule has 0 N–H and O–H groups in total. The Kier molecular flexibility index (Phi) is 7.23. The second kappa shape index (κ2) is 9.42. The lowest BCUT2D eigenvalue weighted by Crippen LogP contribution is -2.36. The highest BCUT2D eigenvalue weighted by Crippen LogP contribution is 2.43. The summed E-state index contributed by atoms with van der Waals surface area (Å²) < 4.78 is 18.3. The van der Waals surface area contributed by atoms with Crippen molar-refractivity contribution in [3.8, 4) is 11.5 Å². The van der Waals surface area contributed by atoms with Crippen molar-refractivity contribution in [2.45, 2.75) is 32.6 Å². The SMILES string of the molecule is CCCCN1CCC(COC(=O)c2c(Br)c(Br)cc3c2OCCO3)CC1. The van der Waals surface area contributed by atoms with Crippen molar-refractivity contribution in [1.82, 2.24) is 4.90 Å². The molecule has 0 unspecified atom stereocenters. The van der Waals surface area contributed by atoms with Gasteiger partial charge in [-0.05, 0) is 82.7 Å². The number of unbranched alkanes of at least 4 members (excludes halogenated alkanes) is 1. The molecular formula is C19H25Br2NO4. The Balaban J connectivity index is 1.59. The highest BCUT2D eigenvalue weighted by molar-refractivity contribution is 9.13. The lowest BCUT2D eigenvalue weighted by Gasteiger charge is -2.31. The van der Waals surface area contributed by atoms with Crippen molar-refractivity contribution in [1.29, 1.82) is 0 Å². The minimum atomic E-state index is -0.367. The van der Waals surface area contributed by atoms with E-state index in [1.165, 1.54) is 19.4 Å². The van der Waals surface area contributed by atoms with Crippen LogP contribution in [0.1, 0.15) is 43.0 Å². The fourth-order valence-corrected chi connectivity index (χ4v) is 4.20. The number of nitrogens with zero attached hydrogens (tertiary/aromatic N) is 1. The number of hydrogen-bond acceptors (Lipinski definition) is 5. The molecule has 1 aromatic carbocycles. The van der Waals surface area contributed by atoms with Gasteiger partial charge in [0, 0.05) is 4.47 Å². The van der Waals surface area contributed by atoms with E-state index >= 15 is 0 Å². The van der Waals surface area contributed by atoms with Crippen LogP contribution in [0.25, 0.3) is 0 Å². The van der Waals surface area contributed by atoms with Gasteiger partial charge in [-0.2, -0.15) is 0 Å². The van der Waals surface area contributed by atoms with Crippen LogP contribution in [0.5, 0.6) is 11.5 Å². The number of carbonyl (C=O) groups excluding carboxylic acids is 1. The molecule has 0 spiro atoms. The third-order valence-corrected chi connectivity index (χ3v) is 6.90. The second-order valence-corrected chi connectivity index (χ2v) is 8.46.